The van der Waals surface area contributed by atoms with Crippen molar-refractivity contribution < 1.29 is 0 Å². The lowest BCUT2D eigenvalue weighted by molar-refractivity contribution is 1.30. The van der Waals surface area contributed by atoms with Crippen molar-refractivity contribution in [3.63, 3.8) is 0 Å². The topological polar surface area (TPSA) is 12.9 Å². The first-order valence-corrected chi connectivity index (χ1v) is 3.14. The van der Waals surface area contributed by atoms with Crippen molar-refractivity contribution >= 4 is 23.2 Å². The Bertz CT molecular complexity index is 174. The minimum absolute atomic E-state index is 0.275. The van der Waals surface area contributed by atoms with E-state index in [0.717, 1.165) is 5.56 Å². The largest absolute Gasteiger partial charge is 0.265 e. The van der Waals surface area contributed by atoms with Gasteiger partial charge in [-0.2, -0.15) is 0 Å². The van der Waals surface area contributed by atoms with Crippen molar-refractivity contribution in [3.05, 3.63) is 34.9 Å². The van der Waals surface area contributed by atoms with Gasteiger partial charge >= 0.3 is 0 Å². The normalized spacial score (nSPS) is 10.1. The summed E-state index contributed by atoms with van der Waals surface area (Å²) in [6, 6.07) is 3.49. The molecule has 1 heterocycles. The Labute approximate surface area is 63.6 Å². The minimum Gasteiger partial charge on any atom is -0.265 e. The van der Waals surface area contributed by atoms with Crippen LogP contribution in [-0.2, 0) is 0 Å². The van der Waals surface area contributed by atoms with Crippen LogP contribution >= 0.6 is 23.2 Å². The number of hydrogen-bond donors (Lipinski definition) is 0. The van der Waals surface area contributed by atoms with Crippen LogP contribution in [0.4, 0.5) is 0 Å². The van der Waals surface area contributed by atoms with E-state index in [4.69, 9.17) is 23.2 Å². The van der Waals surface area contributed by atoms with Gasteiger partial charge in [-0.05, 0) is 17.7 Å². The first-order chi connectivity index (χ1) is 4.30. The Kier molecular flexibility index (Phi) is 2.31. The molecule has 0 aliphatic carbocycles. The van der Waals surface area contributed by atoms with Crippen molar-refractivity contribution in [3.8, 4) is 0 Å². The van der Waals surface area contributed by atoms with E-state index in [9.17, 15) is 0 Å². The van der Waals surface area contributed by atoms with Crippen molar-refractivity contribution in [2.45, 2.75) is 0 Å². The number of aromatic nitrogens is 1. The van der Waals surface area contributed by atoms with Gasteiger partial charge in [0.1, 0.15) is 0 Å². The molecule has 0 aliphatic rings. The van der Waals surface area contributed by atoms with Crippen LogP contribution in [0, 0.1) is 4.84 Å². The summed E-state index contributed by atoms with van der Waals surface area (Å²) in [5.74, 6) is 0. The Balaban J connectivity index is 2.85. The van der Waals surface area contributed by atoms with Gasteiger partial charge in [0.2, 0.25) is 0 Å². The average molecular weight is 161 g/mol. The van der Waals surface area contributed by atoms with Crippen molar-refractivity contribution in [1.82, 2.24) is 4.98 Å². The molecule has 0 N–H and O–H groups in total. The van der Waals surface area contributed by atoms with Crippen LogP contribution < -0.4 is 0 Å². The molecule has 1 radical (unpaired) electrons. The third kappa shape index (κ3) is 1.84. The Hall–Kier alpha value is -0.270. The molecule has 1 rings (SSSR count). The summed E-state index contributed by atoms with van der Waals surface area (Å²) in [6.07, 6.45) is 3.28. The summed E-state index contributed by atoms with van der Waals surface area (Å²) in [5.41, 5.74) is 0.799. The molecular weight excluding hydrogens is 157 g/mol. The molecule has 0 bridgehead atoms. The monoisotopic (exact) mass is 160 g/mol. The molecule has 0 amide bonds. The molecule has 1 aromatic heterocycles. The third-order valence-corrected chi connectivity index (χ3v) is 1.33. The number of nitrogens with zero attached hydrogens (tertiary/aromatic N) is 1. The summed E-state index contributed by atoms with van der Waals surface area (Å²) in [5, 5.41) is 0. The molecule has 0 atom stereocenters. The van der Waals surface area contributed by atoms with Crippen LogP contribution in [0.25, 0.3) is 0 Å². The van der Waals surface area contributed by atoms with E-state index in [0.29, 0.717) is 0 Å². The maximum Gasteiger partial charge on any atom is 0.180 e. The molecule has 1 aromatic rings. The van der Waals surface area contributed by atoms with Gasteiger partial charge in [0.05, 0.1) is 0 Å². The lowest BCUT2D eigenvalue weighted by Gasteiger charge is -1.95. The molecular formula is C6H4Cl2N. The van der Waals surface area contributed by atoms with Gasteiger partial charge in [-0.3, -0.25) is 4.98 Å². The molecule has 0 unspecified atom stereocenters. The molecule has 0 aliphatic heterocycles. The summed E-state index contributed by atoms with van der Waals surface area (Å²) in [6.45, 7) is 0. The maximum absolute atomic E-state index is 5.46. The highest BCUT2D eigenvalue weighted by Gasteiger charge is 2.01. The third-order valence-electron chi connectivity index (χ3n) is 0.899. The Morgan fingerprint density at radius 3 is 2.11 bits per heavy atom. The molecule has 0 fully saturated rings. The highest BCUT2D eigenvalue weighted by molar-refractivity contribution is 6.54. The quantitative estimate of drug-likeness (QED) is 0.616. The van der Waals surface area contributed by atoms with Gasteiger partial charge in [0, 0.05) is 12.4 Å². The molecule has 0 saturated heterocycles. The van der Waals surface area contributed by atoms with Crippen LogP contribution in [0.3, 0.4) is 0 Å². The van der Waals surface area contributed by atoms with E-state index >= 15 is 0 Å². The summed E-state index contributed by atoms with van der Waals surface area (Å²) in [4.78, 5) is 4.07. The minimum atomic E-state index is 0.275. The van der Waals surface area contributed by atoms with Gasteiger partial charge < -0.3 is 0 Å². The summed E-state index contributed by atoms with van der Waals surface area (Å²) < 4.78 is 0. The SMILES string of the molecule is Cl[C](Cl)c1ccncc1. The van der Waals surface area contributed by atoms with Crippen molar-refractivity contribution in [2.75, 3.05) is 0 Å². The Morgan fingerprint density at radius 2 is 1.78 bits per heavy atom. The van der Waals surface area contributed by atoms with E-state index in [-0.39, 0.29) is 4.84 Å². The molecule has 0 saturated carbocycles. The molecule has 0 spiro atoms. The standard InChI is InChI=1S/C6H4Cl2N/c7-6(8)5-1-3-9-4-2-5/h1-4H. The van der Waals surface area contributed by atoms with E-state index in [1.54, 1.807) is 24.5 Å². The van der Waals surface area contributed by atoms with Gasteiger partial charge in [0.25, 0.3) is 0 Å². The fourth-order valence-corrected chi connectivity index (χ4v) is 0.730. The van der Waals surface area contributed by atoms with Gasteiger partial charge in [0.15, 0.2) is 4.84 Å². The summed E-state index contributed by atoms with van der Waals surface area (Å²) in [7, 11) is 0. The first kappa shape index (κ1) is 6.84. The predicted octanol–water partition coefficient (Wildman–Crippen LogP) is 2.40. The average Bonchev–Trinajstić information content (AvgIpc) is 1.90. The van der Waals surface area contributed by atoms with Crippen molar-refractivity contribution in [2.24, 2.45) is 0 Å². The second-order valence-electron chi connectivity index (χ2n) is 1.50. The van der Waals surface area contributed by atoms with Crippen LogP contribution in [0.2, 0.25) is 0 Å². The molecule has 0 aromatic carbocycles. The van der Waals surface area contributed by atoms with Crippen LogP contribution in [0.5, 0.6) is 0 Å². The molecule has 3 heteroatoms. The maximum atomic E-state index is 5.46. The van der Waals surface area contributed by atoms with Crippen LogP contribution in [0.1, 0.15) is 5.56 Å². The van der Waals surface area contributed by atoms with E-state index in [2.05, 4.69) is 4.98 Å². The molecule has 1 nitrogen and oxygen atoms in total. The molecule has 9 heavy (non-hydrogen) atoms. The number of pyridine rings is 1. The highest BCUT2D eigenvalue weighted by Crippen LogP contribution is 2.21. The first-order valence-electron chi connectivity index (χ1n) is 2.39. The van der Waals surface area contributed by atoms with Crippen LogP contribution in [0.15, 0.2) is 24.5 Å². The van der Waals surface area contributed by atoms with Crippen molar-refractivity contribution in [1.29, 1.82) is 0 Å². The van der Waals surface area contributed by atoms with E-state index in [1.807, 2.05) is 0 Å². The fraction of sp³-hybridized carbons (Fsp3) is 0. The zero-order valence-electron chi connectivity index (χ0n) is 4.51. The number of rotatable bonds is 1. The van der Waals surface area contributed by atoms with E-state index < -0.39 is 0 Å². The van der Waals surface area contributed by atoms with Gasteiger partial charge in [-0.25, -0.2) is 0 Å². The highest BCUT2D eigenvalue weighted by atomic mass is 35.5. The number of hydrogen-bond acceptors (Lipinski definition) is 1. The smallest absolute Gasteiger partial charge is 0.180 e. The predicted molar refractivity (Wildman–Crippen MR) is 38.3 cm³/mol. The van der Waals surface area contributed by atoms with E-state index in [1.165, 1.54) is 0 Å². The number of halogens is 2. The van der Waals surface area contributed by atoms with Crippen LogP contribution in [-0.4, -0.2) is 4.98 Å². The summed E-state index contributed by atoms with van der Waals surface area (Å²) >= 11 is 10.9. The Morgan fingerprint density at radius 1 is 1.22 bits per heavy atom. The van der Waals surface area contributed by atoms with Gasteiger partial charge in [-0.1, -0.05) is 23.2 Å². The second kappa shape index (κ2) is 3.04. The fourth-order valence-electron chi connectivity index (χ4n) is 0.478. The zero-order valence-corrected chi connectivity index (χ0v) is 6.02. The van der Waals surface area contributed by atoms with Gasteiger partial charge in [-0.15, -0.1) is 0 Å². The lowest BCUT2D eigenvalue weighted by Crippen LogP contribution is -1.80. The second-order valence-corrected chi connectivity index (χ2v) is 2.45. The zero-order chi connectivity index (χ0) is 6.69. The molecule has 47 valence electrons. The lowest BCUT2D eigenvalue weighted by atomic mass is 10.3.